The summed E-state index contributed by atoms with van der Waals surface area (Å²) in [5.41, 5.74) is 0. The van der Waals surface area contributed by atoms with E-state index in [1.807, 2.05) is 0 Å². The maximum Gasteiger partial charge on any atom is 0.378 e. The second-order valence-corrected chi connectivity index (χ2v) is 10.6. The van der Waals surface area contributed by atoms with Gasteiger partial charge in [-0.25, -0.2) is 4.79 Å². The van der Waals surface area contributed by atoms with Crippen LogP contribution in [0.4, 0.5) is 0 Å². The van der Waals surface area contributed by atoms with Crippen LogP contribution >= 0.6 is 0 Å². The number of rotatable bonds is 21. The lowest BCUT2D eigenvalue weighted by Crippen LogP contribution is -2.59. The summed E-state index contributed by atoms with van der Waals surface area (Å²) in [4.78, 5) is 12.2. The standard InChI is InChI=1S/C28H50O11/c1-2-3-4-5-6-7-8-9-10-11-12-13-14-15-16-36-18-19(30)25-24(34)26(27(35)38-25)39-28-23(33)22(32)21(31)20(17-29)37-28/h19-23,25,28-34H,2-18H2,1H3/t19-,20+,21+,22-,23+,25+,28-/m0/s1. The van der Waals surface area contributed by atoms with E-state index in [9.17, 15) is 35.4 Å². The second-order valence-electron chi connectivity index (χ2n) is 10.6. The molecule has 0 aromatic rings. The van der Waals surface area contributed by atoms with Crippen molar-refractivity contribution in [2.75, 3.05) is 19.8 Å². The van der Waals surface area contributed by atoms with E-state index in [0.29, 0.717) is 6.61 Å². The molecule has 0 spiro atoms. The lowest BCUT2D eigenvalue weighted by atomic mass is 9.99. The number of cyclic esters (lactones) is 1. The van der Waals surface area contributed by atoms with Gasteiger partial charge in [-0.05, 0) is 6.42 Å². The first kappa shape index (κ1) is 33.7. The molecule has 0 aromatic carbocycles. The number of aliphatic hydroxyl groups is 6. The second kappa shape index (κ2) is 18.8. The summed E-state index contributed by atoms with van der Waals surface area (Å²) in [6, 6.07) is 0. The maximum atomic E-state index is 12.2. The van der Waals surface area contributed by atoms with E-state index in [0.717, 1.165) is 19.3 Å². The average molecular weight is 563 g/mol. The van der Waals surface area contributed by atoms with Gasteiger partial charge in [-0.3, -0.25) is 0 Å². The molecular formula is C28H50O11. The van der Waals surface area contributed by atoms with Gasteiger partial charge in [0, 0.05) is 6.61 Å². The van der Waals surface area contributed by atoms with Crippen molar-refractivity contribution in [3.05, 3.63) is 11.5 Å². The van der Waals surface area contributed by atoms with Crippen molar-refractivity contribution < 1.29 is 54.4 Å². The molecule has 0 saturated carbocycles. The van der Waals surface area contributed by atoms with Crippen LogP contribution in [0.1, 0.15) is 96.8 Å². The molecule has 2 heterocycles. The zero-order valence-electron chi connectivity index (χ0n) is 23.3. The number of hydrogen-bond acceptors (Lipinski definition) is 11. The summed E-state index contributed by atoms with van der Waals surface area (Å²) in [7, 11) is 0. The molecule has 0 aromatic heterocycles. The third kappa shape index (κ3) is 11.1. The minimum Gasteiger partial charge on any atom is -0.505 e. The van der Waals surface area contributed by atoms with Crippen LogP contribution < -0.4 is 0 Å². The minimum atomic E-state index is -1.77. The van der Waals surface area contributed by atoms with E-state index in [1.165, 1.54) is 70.6 Å². The normalized spacial score (nSPS) is 28.1. The van der Waals surface area contributed by atoms with Crippen LogP contribution in [-0.2, 0) is 23.7 Å². The fourth-order valence-electron chi connectivity index (χ4n) is 4.80. The number of ether oxygens (including phenoxy) is 4. The van der Waals surface area contributed by atoms with E-state index in [-0.39, 0.29) is 6.61 Å². The number of hydrogen-bond donors (Lipinski definition) is 6. The van der Waals surface area contributed by atoms with Crippen molar-refractivity contribution in [2.45, 2.75) is 140 Å². The van der Waals surface area contributed by atoms with E-state index in [4.69, 9.17) is 18.9 Å². The average Bonchev–Trinajstić information content (AvgIpc) is 3.21. The third-order valence-corrected chi connectivity index (χ3v) is 7.28. The lowest BCUT2D eigenvalue weighted by molar-refractivity contribution is -0.291. The molecule has 2 aliphatic rings. The maximum absolute atomic E-state index is 12.2. The van der Waals surface area contributed by atoms with E-state index in [2.05, 4.69) is 6.92 Å². The van der Waals surface area contributed by atoms with Gasteiger partial charge in [-0.1, -0.05) is 90.4 Å². The van der Waals surface area contributed by atoms with Crippen molar-refractivity contribution in [3.63, 3.8) is 0 Å². The molecular weight excluding hydrogens is 512 g/mol. The van der Waals surface area contributed by atoms with Gasteiger partial charge in [-0.15, -0.1) is 0 Å². The van der Waals surface area contributed by atoms with Crippen molar-refractivity contribution in [1.29, 1.82) is 0 Å². The third-order valence-electron chi connectivity index (χ3n) is 7.28. The van der Waals surface area contributed by atoms with Crippen LogP contribution in [0.2, 0.25) is 0 Å². The molecule has 1 fully saturated rings. The highest BCUT2D eigenvalue weighted by atomic mass is 16.7. The molecule has 2 aliphatic heterocycles. The van der Waals surface area contributed by atoms with Gasteiger partial charge in [0.2, 0.25) is 12.0 Å². The van der Waals surface area contributed by atoms with Crippen LogP contribution in [0.15, 0.2) is 11.5 Å². The predicted octanol–water partition coefficient (Wildman–Crippen LogP) is 2.36. The Morgan fingerprint density at radius 3 is 1.90 bits per heavy atom. The van der Waals surface area contributed by atoms with Gasteiger partial charge in [0.05, 0.1) is 13.2 Å². The molecule has 0 unspecified atom stereocenters. The summed E-state index contributed by atoms with van der Waals surface area (Å²) in [6.07, 6.45) is 6.72. The van der Waals surface area contributed by atoms with Crippen LogP contribution in [0.5, 0.6) is 0 Å². The fourth-order valence-corrected chi connectivity index (χ4v) is 4.80. The number of aliphatic hydroxyl groups excluding tert-OH is 6. The van der Waals surface area contributed by atoms with Crippen LogP contribution in [0.25, 0.3) is 0 Å². The van der Waals surface area contributed by atoms with Gasteiger partial charge < -0.3 is 49.6 Å². The molecule has 7 atom stereocenters. The number of unbranched alkanes of at least 4 members (excludes halogenated alkanes) is 13. The Labute approximate surface area is 231 Å². The molecule has 0 radical (unpaired) electrons. The van der Waals surface area contributed by atoms with Gasteiger partial charge in [0.15, 0.2) is 11.9 Å². The molecule has 2 rings (SSSR count). The quantitative estimate of drug-likeness (QED) is 0.0894. The van der Waals surface area contributed by atoms with Crippen molar-refractivity contribution in [2.24, 2.45) is 0 Å². The molecule has 0 aliphatic carbocycles. The summed E-state index contributed by atoms with van der Waals surface area (Å²) in [6.45, 7) is 1.81. The highest BCUT2D eigenvalue weighted by Gasteiger charge is 2.48. The summed E-state index contributed by atoms with van der Waals surface area (Å²) in [5.74, 6) is -2.50. The molecule has 11 heteroatoms. The fraction of sp³-hybridized carbons (Fsp3) is 0.893. The Balaban J connectivity index is 1.57. The summed E-state index contributed by atoms with van der Waals surface area (Å²) in [5, 5.41) is 59.8. The Morgan fingerprint density at radius 2 is 1.36 bits per heavy atom. The van der Waals surface area contributed by atoms with Crippen molar-refractivity contribution in [3.8, 4) is 0 Å². The Kier molecular flexibility index (Phi) is 16.3. The van der Waals surface area contributed by atoms with E-state index >= 15 is 0 Å². The molecule has 6 N–H and O–H groups in total. The highest BCUT2D eigenvalue weighted by Crippen LogP contribution is 2.29. The zero-order valence-corrected chi connectivity index (χ0v) is 23.3. The summed E-state index contributed by atoms with van der Waals surface area (Å²) >= 11 is 0. The predicted molar refractivity (Wildman–Crippen MR) is 142 cm³/mol. The molecule has 0 amide bonds. The van der Waals surface area contributed by atoms with Crippen molar-refractivity contribution in [1.82, 2.24) is 0 Å². The highest BCUT2D eigenvalue weighted by molar-refractivity contribution is 5.89. The Morgan fingerprint density at radius 1 is 0.821 bits per heavy atom. The number of carbonyl (C=O) groups is 1. The largest absolute Gasteiger partial charge is 0.505 e. The first-order valence-electron chi connectivity index (χ1n) is 14.7. The topological polar surface area (TPSA) is 175 Å². The van der Waals surface area contributed by atoms with Gasteiger partial charge in [0.25, 0.3) is 0 Å². The molecule has 1 saturated heterocycles. The summed E-state index contributed by atoms with van der Waals surface area (Å²) < 4.78 is 20.9. The monoisotopic (exact) mass is 562 g/mol. The molecule has 0 bridgehead atoms. The van der Waals surface area contributed by atoms with Crippen LogP contribution in [-0.4, -0.2) is 99.3 Å². The van der Waals surface area contributed by atoms with E-state index in [1.54, 1.807) is 0 Å². The molecule has 228 valence electrons. The first-order chi connectivity index (χ1) is 18.8. The van der Waals surface area contributed by atoms with Gasteiger partial charge in [0.1, 0.15) is 30.5 Å². The van der Waals surface area contributed by atoms with Gasteiger partial charge >= 0.3 is 5.97 Å². The number of esters is 1. The Bertz CT molecular complexity index is 714. The van der Waals surface area contributed by atoms with Crippen LogP contribution in [0.3, 0.4) is 0 Å². The minimum absolute atomic E-state index is 0.173. The van der Waals surface area contributed by atoms with Crippen LogP contribution in [0, 0.1) is 0 Å². The molecule has 39 heavy (non-hydrogen) atoms. The first-order valence-corrected chi connectivity index (χ1v) is 14.7. The lowest BCUT2D eigenvalue weighted by Gasteiger charge is -2.39. The zero-order chi connectivity index (χ0) is 28.6. The Hall–Kier alpha value is -1.47. The smallest absolute Gasteiger partial charge is 0.378 e. The van der Waals surface area contributed by atoms with Crippen molar-refractivity contribution >= 4 is 5.97 Å². The SMILES string of the molecule is CCCCCCCCCCCCCCCCOC[C@H](O)[C@H]1OC(=O)C(O[C@@H]2O[C@H](CO)[C@@H](O)[C@H](O)[C@H]2O)=C1O. The molecule has 11 nitrogen and oxygen atoms in total. The van der Waals surface area contributed by atoms with Gasteiger partial charge in [-0.2, -0.15) is 0 Å². The van der Waals surface area contributed by atoms with E-state index < -0.39 is 67.0 Å². The number of carbonyl (C=O) groups excluding carboxylic acids is 1.